The summed E-state index contributed by atoms with van der Waals surface area (Å²) in [7, 11) is 3.39. The van der Waals surface area contributed by atoms with Crippen LogP contribution in [0.15, 0.2) is 34.3 Å². The first kappa shape index (κ1) is 12.7. The summed E-state index contributed by atoms with van der Waals surface area (Å²) >= 11 is 0. The number of hydrogen-bond acceptors (Lipinski definition) is 2. The maximum Gasteiger partial charge on any atom is 0.223 e. The molecule has 0 unspecified atom stereocenters. The maximum atomic E-state index is 9.09. The molecular weight excluding hydrogens is 218 g/mol. The van der Waals surface area contributed by atoms with Gasteiger partial charge in [-0.25, -0.2) is 4.99 Å². The smallest absolute Gasteiger partial charge is 0.223 e. The lowest BCUT2D eigenvalue weighted by Gasteiger charge is -2.07. The number of hydrogen-bond donors (Lipinski definition) is 3. The quantitative estimate of drug-likeness (QED) is 0.490. The highest BCUT2D eigenvalue weighted by Crippen LogP contribution is 2.07. The average Bonchev–Trinajstić information content (AvgIpc) is 2.28. The third-order valence-electron chi connectivity index (χ3n) is 1.88. The van der Waals surface area contributed by atoms with Crippen molar-refractivity contribution in [1.29, 1.82) is 5.41 Å². The second-order valence-corrected chi connectivity index (χ2v) is 3.54. The number of nitrogens with two attached hydrogens (primary N) is 1. The van der Waals surface area contributed by atoms with Gasteiger partial charge < -0.3 is 15.7 Å². The van der Waals surface area contributed by atoms with E-state index in [9.17, 15) is 0 Å². The van der Waals surface area contributed by atoms with Gasteiger partial charge in [0.1, 0.15) is 5.75 Å². The van der Waals surface area contributed by atoms with E-state index in [4.69, 9.17) is 16.2 Å². The number of aliphatic imine (C=N–C) groups is 2. The summed E-state index contributed by atoms with van der Waals surface area (Å²) in [5.74, 6) is 0.236. The number of aromatic hydroxyl groups is 1. The van der Waals surface area contributed by atoms with E-state index in [-0.39, 0.29) is 17.7 Å². The summed E-state index contributed by atoms with van der Waals surface area (Å²) in [5, 5.41) is 16.5. The van der Waals surface area contributed by atoms with Crippen molar-refractivity contribution in [3.8, 4) is 5.75 Å². The molecule has 4 N–H and O–H groups in total. The summed E-state index contributed by atoms with van der Waals surface area (Å²) in [4.78, 5) is 9.18. The summed E-state index contributed by atoms with van der Waals surface area (Å²) in [5.41, 5.74) is 6.31. The van der Waals surface area contributed by atoms with Crippen LogP contribution in [-0.4, -0.2) is 42.2 Å². The molecule has 0 spiro atoms. The van der Waals surface area contributed by atoms with Crippen LogP contribution in [0.3, 0.4) is 0 Å². The molecule has 0 aliphatic rings. The molecule has 1 aromatic rings. The SMILES string of the molecule is CN(C)C(=N)N=C(N)N=Cc1ccc(O)cc1. The van der Waals surface area contributed by atoms with Crippen LogP contribution in [0, 0.1) is 5.41 Å². The van der Waals surface area contributed by atoms with Gasteiger partial charge in [-0.1, -0.05) is 0 Å². The zero-order valence-corrected chi connectivity index (χ0v) is 9.75. The Morgan fingerprint density at radius 1 is 1.35 bits per heavy atom. The van der Waals surface area contributed by atoms with Gasteiger partial charge in [-0.3, -0.25) is 5.41 Å². The number of benzene rings is 1. The third-order valence-corrected chi connectivity index (χ3v) is 1.88. The standard InChI is InChI=1S/C11H15N5O/c1-16(2)11(13)15-10(12)14-7-8-3-5-9(17)6-4-8/h3-7,17H,1-2H3,(H3,12,13,15). The van der Waals surface area contributed by atoms with E-state index in [1.165, 1.54) is 11.1 Å². The van der Waals surface area contributed by atoms with Crippen molar-refractivity contribution in [2.75, 3.05) is 14.1 Å². The number of phenols is 1. The van der Waals surface area contributed by atoms with E-state index < -0.39 is 0 Å². The Kier molecular flexibility index (Phi) is 4.21. The molecule has 1 rings (SSSR count). The van der Waals surface area contributed by atoms with Crippen LogP contribution in [0.25, 0.3) is 0 Å². The van der Waals surface area contributed by atoms with Crippen LogP contribution in [0.4, 0.5) is 0 Å². The normalized spacial score (nSPS) is 11.8. The Morgan fingerprint density at radius 2 is 1.94 bits per heavy atom. The second kappa shape index (κ2) is 5.64. The number of guanidine groups is 2. The highest BCUT2D eigenvalue weighted by atomic mass is 16.3. The van der Waals surface area contributed by atoms with Crippen LogP contribution in [0.2, 0.25) is 0 Å². The molecule has 6 heteroatoms. The zero-order valence-electron chi connectivity index (χ0n) is 9.75. The van der Waals surface area contributed by atoms with Gasteiger partial charge in [0.2, 0.25) is 11.9 Å². The molecule has 0 amide bonds. The molecule has 0 aliphatic carbocycles. The van der Waals surface area contributed by atoms with Gasteiger partial charge in [0.15, 0.2) is 0 Å². The monoisotopic (exact) mass is 233 g/mol. The van der Waals surface area contributed by atoms with Crippen LogP contribution in [0.1, 0.15) is 5.56 Å². The van der Waals surface area contributed by atoms with Crippen molar-refractivity contribution in [2.45, 2.75) is 0 Å². The minimum atomic E-state index is 0.0109. The molecule has 0 bridgehead atoms. The summed E-state index contributed by atoms with van der Waals surface area (Å²) in [6, 6.07) is 6.50. The number of nitrogens with zero attached hydrogens (tertiary/aromatic N) is 3. The fraction of sp³-hybridized carbons (Fsp3) is 0.182. The highest BCUT2D eigenvalue weighted by molar-refractivity contribution is 5.98. The van der Waals surface area contributed by atoms with E-state index >= 15 is 0 Å². The second-order valence-electron chi connectivity index (χ2n) is 3.54. The van der Waals surface area contributed by atoms with Gasteiger partial charge in [0.25, 0.3) is 0 Å². The Balaban J connectivity index is 2.71. The first-order valence-electron chi connectivity index (χ1n) is 4.92. The van der Waals surface area contributed by atoms with Gasteiger partial charge in [0.05, 0.1) is 0 Å². The number of nitrogens with one attached hydrogen (secondary N) is 1. The maximum absolute atomic E-state index is 9.09. The Bertz CT molecular complexity index is 447. The predicted octanol–water partition coefficient (Wildman–Crippen LogP) is 0.622. The van der Waals surface area contributed by atoms with E-state index in [0.29, 0.717) is 0 Å². The van der Waals surface area contributed by atoms with Crippen LogP contribution < -0.4 is 5.73 Å². The minimum Gasteiger partial charge on any atom is -0.508 e. The van der Waals surface area contributed by atoms with Crippen molar-refractivity contribution in [3.63, 3.8) is 0 Å². The Hall–Kier alpha value is -2.37. The Morgan fingerprint density at radius 3 is 2.47 bits per heavy atom. The fourth-order valence-corrected chi connectivity index (χ4v) is 0.938. The number of rotatable bonds is 1. The van der Waals surface area contributed by atoms with Crippen LogP contribution >= 0.6 is 0 Å². The van der Waals surface area contributed by atoms with Gasteiger partial charge in [0, 0.05) is 20.3 Å². The zero-order chi connectivity index (χ0) is 12.8. The predicted molar refractivity (Wildman–Crippen MR) is 68.7 cm³/mol. The molecule has 0 saturated heterocycles. The van der Waals surface area contributed by atoms with Crippen molar-refractivity contribution in [2.24, 2.45) is 15.7 Å². The highest BCUT2D eigenvalue weighted by Gasteiger charge is 1.96. The molecular formula is C11H15N5O. The van der Waals surface area contributed by atoms with Crippen LogP contribution in [0.5, 0.6) is 5.75 Å². The molecule has 0 aliphatic heterocycles. The molecule has 0 fully saturated rings. The Labute approximate surface area is 99.6 Å². The lowest BCUT2D eigenvalue weighted by Crippen LogP contribution is -2.22. The topological polar surface area (TPSA) is 98.1 Å². The van der Waals surface area contributed by atoms with Crippen molar-refractivity contribution in [1.82, 2.24) is 4.90 Å². The van der Waals surface area contributed by atoms with Crippen LogP contribution in [-0.2, 0) is 0 Å². The van der Waals surface area contributed by atoms with Gasteiger partial charge >= 0.3 is 0 Å². The van der Waals surface area contributed by atoms with Gasteiger partial charge in [-0.15, -0.1) is 0 Å². The van der Waals surface area contributed by atoms with E-state index in [1.54, 1.807) is 38.4 Å². The van der Waals surface area contributed by atoms with E-state index in [2.05, 4.69) is 9.98 Å². The molecule has 0 saturated carbocycles. The summed E-state index contributed by atoms with van der Waals surface area (Å²) in [6.45, 7) is 0. The molecule has 0 heterocycles. The lowest BCUT2D eigenvalue weighted by atomic mass is 10.2. The molecule has 90 valence electrons. The first-order valence-corrected chi connectivity index (χ1v) is 4.92. The van der Waals surface area contributed by atoms with Crippen molar-refractivity contribution < 1.29 is 5.11 Å². The van der Waals surface area contributed by atoms with Crippen molar-refractivity contribution >= 4 is 18.1 Å². The largest absolute Gasteiger partial charge is 0.508 e. The van der Waals surface area contributed by atoms with Gasteiger partial charge in [-0.2, -0.15) is 4.99 Å². The molecule has 17 heavy (non-hydrogen) atoms. The summed E-state index contributed by atoms with van der Waals surface area (Å²) in [6.07, 6.45) is 1.52. The molecule has 6 nitrogen and oxygen atoms in total. The molecule has 0 aromatic heterocycles. The molecule has 0 radical (unpaired) electrons. The van der Waals surface area contributed by atoms with E-state index in [1.807, 2.05) is 0 Å². The fourth-order valence-electron chi connectivity index (χ4n) is 0.938. The molecule has 0 atom stereocenters. The van der Waals surface area contributed by atoms with Gasteiger partial charge in [-0.05, 0) is 29.8 Å². The third kappa shape index (κ3) is 4.33. The first-order chi connectivity index (χ1) is 7.99. The molecule has 1 aromatic carbocycles. The number of phenolic OH excluding ortho intramolecular Hbond substituents is 1. The minimum absolute atomic E-state index is 0.0109. The van der Waals surface area contributed by atoms with E-state index in [0.717, 1.165) is 5.56 Å². The average molecular weight is 233 g/mol. The van der Waals surface area contributed by atoms with Crippen molar-refractivity contribution in [3.05, 3.63) is 29.8 Å². The summed E-state index contributed by atoms with van der Waals surface area (Å²) < 4.78 is 0. The lowest BCUT2D eigenvalue weighted by molar-refractivity contribution is 0.475.